The molecule has 1 amide bonds. The second-order valence-corrected chi connectivity index (χ2v) is 7.08. The average molecular weight is 346 g/mol. The SMILES string of the molecule is CN(CCc1nc2ccc(F)cc2[nH]1)C(=O)CC[C@H]1CCCCN1C. The van der Waals surface area contributed by atoms with Crippen molar-refractivity contribution in [3.05, 3.63) is 29.8 Å². The summed E-state index contributed by atoms with van der Waals surface area (Å²) in [4.78, 5) is 24.1. The molecule has 2 heterocycles. The molecule has 1 atom stereocenters. The topological polar surface area (TPSA) is 52.2 Å². The van der Waals surface area contributed by atoms with E-state index in [2.05, 4.69) is 21.9 Å². The molecular formula is C19H27FN4O. The molecule has 1 saturated heterocycles. The first-order valence-electron chi connectivity index (χ1n) is 9.11. The van der Waals surface area contributed by atoms with Crippen LogP contribution in [0.1, 0.15) is 37.9 Å². The van der Waals surface area contributed by atoms with Crippen molar-refractivity contribution >= 4 is 16.9 Å². The zero-order chi connectivity index (χ0) is 17.8. The first kappa shape index (κ1) is 17.9. The zero-order valence-electron chi connectivity index (χ0n) is 15.1. The van der Waals surface area contributed by atoms with E-state index in [1.54, 1.807) is 11.0 Å². The third kappa shape index (κ3) is 4.57. The van der Waals surface area contributed by atoms with Crippen LogP contribution >= 0.6 is 0 Å². The Morgan fingerprint density at radius 3 is 3.08 bits per heavy atom. The molecule has 3 rings (SSSR count). The van der Waals surface area contributed by atoms with Gasteiger partial charge in [-0.2, -0.15) is 0 Å². The molecule has 0 radical (unpaired) electrons. The third-order valence-electron chi connectivity index (χ3n) is 5.22. The number of benzene rings is 1. The summed E-state index contributed by atoms with van der Waals surface area (Å²) in [6.07, 6.45) is 5.90. The van der Waals surface area contributed by atoms with E-state index in [-0.39, 0.29) is 11.7 Å². The molecule has 1 aromatic carbocycles. The third-order valence-corrected chi connectivity index (χ3v) is 5.22. The number of hydrogen-bond acceptors (Lipinski definition) is 3. The fourth-order valence-electron chi connectivity index (χ4n) is 3.54. The van der Waals surface area contributed by atoms with Gasteiger partial charge in [-0.05, 0) is 51.1 Å². The largest absolute Gasteiger partial charge is 0.345 e. The number of amides is 1. The van der Waals surface area contributed by atoms with Crippen LogP contribution in [0.3, 0.4) is 0 Å². The van der Waals surface area contributed by atoms with Gasteiger partial charge >= 0.3 is 0 Å². The predicted octanol–water partition coefficient (Wildman–Crippen LogP) is 2.97. The van der Waals surface area contributed by atoms with E-state index in [0.29, 0.717) is 30.9 Å². The summed E-state index contributed by atoms with van der Waals surface area (Å²) < 4.78 is 13.2. The van der Waals surface area contributed by atoms with Crippen molar-refractivity contribution in [1.29, 1.82) is 0 Å². The molecule has 1 fully saturated rings. The number of carbonyl (C=O) groups is 1. The Balaban J connectivity index is 1.47. The number of aromatic amines is 1. The van der Waals surface area contributed by atoms with Crippen molar-refractivity contribution < 1.29 is 9.18 Å². The maximum atomic E-state index is 13.2. The highest BCUT2D eigenvalue weighted by Crippen LogP contribution is 2.19. The number of likely N-dealkylation sites (N-methyl/N-ethyl adjacent to an activating group) is 1. The van der Waals surface area contributed by atoms with Crippen LogP contribution < -0.4 is 0 Å². The van der Waals surface area contributed by atoms with Crippen molar-refractivity contribution in [3.63, 3.8) is 0 Å². The van der Waals surface area contributed by atoms with E-state index in [1.807, 2.05) is 7.05 Å². The minimum atomic E-state index is -0.275. The van der Waals surface area contributed by atoms with Crippen LogP contribution in [0, 0.1) is 5.82 Å². The van der Waals surface area contributed by atoms with Gasteiger partial charge in [0.2, 0.25) is 5.91 Å². The number of nitrogens with zero attached hydrogens (tertiary/aromatic N) is 3. The van der Waals surface area contributed by atoms with E-state index in [1.165, 1.54) is 31.4 Å². The maximum absolute atomic E-state index is 13.2. The summed E-state index contributed by atoms with van der Waals surface area (Å²) in [6.45, 7) is 1.75. The normalized spacial score (nSPS) is 18.6. The quantitative estimate of drug-likeness (QED) is 0.875. The lowest BCUT2D eigenvalue weighted by molar-refractivity contribution is -0.130. The Morgan fingerprint density at radius 1 is 1.44 bits per heavy atom. The zero-order valence-corrected chi connectivity index (χ0v) is 15.1. The van der Waals surface area contributed by atoms with Gasteiger partial charge in [-0.15, -0.1) is 0 Å². The van der Waals surface area contributed by atoms with E-state index in [0.717, 1.165) is 24.3 Å². The van der Waals surface area contributed by atoms with Crippen LogP contribution in [0.15, 0.2) is 18.2 Å². The second kappa shape index (κ2) is 7.95. The van der Waals surface area contributed by atoms with Gasteiger partial charge in [0.1, 0.15) is 11.6 Å². The molecule has 1 aliphatic heterocycles. The molecule has 0 bridgehead atoms. The first-order chi connectivity index (χ1) is 12.0. The summed E-state index contributed by atoms with van der Waals surface area (Å²) >= 11 is 0. The number of nitrogens with one attached hydrogen (secondary N) is 1. The maximum Gasteiger partial charge on any atom is 0.222 e. The van der Waals surface area contributed by atoms with Gasteiger partial charge in [-0.3, -0.25) is 4.79 Å². The lowest BCUT2D eigenvalue weighted by Gasteiger charge is -2.32. The number of halogens is 1. The highest BCUT2D eigenvalue weighted by molar-refractivity contribution is 5.76. The molecule has 6 heteroatoms. The number of rotatable bonds is 6. The minimum absolute atomic E-state index is 0.182. The van der Waals surface area contributed by atoms with Crippen LogP contribution in [-0.2, 0) is 11.2 Å². The van der Waals surface area contributed by atoms with Gasteiger partial charge in [0.25, 0.3) is 0 Å². The highest BCUT2D eigenvalue weighted by Gasteiger charge is 2.20. The smallest absolute Gasteiger partial charge is 0.222 e. The molecule has 0 unspecified atom stereocenters. The fourth-order valence-corrected chi connectivity index (χ4v) is 3.54. The molecule has 136 valence electrons. The van der Waals surface area contributed by atoms with Gasteiger partial charge in [0.05, 0.1) is 11.0 Å². The average Bonchev–Trinajstić information content (AvgIpc) is 3.00. The molecule has 5 nitrogen and oxygen atoms in total. The van der Waals surface area contributed by atoms with E-state index in [9.17, 15) is 9.18 Å². The van der Waals surface area contributed by atoms with Crippen molar-refractivity contribution in [2.24, 2.45) is 0 Å². The summed E-state index contributed by atoms with van der Waals surface area (Å²) in [5, 5.41) is 0. The summed E-state index contributed by atoms with van der Waals surface area (Å²) in [5.41, 5.74) is 1.45. The van der Waals surface area contributed by atoms with Crippen molar-refractivity contribution in [2.75, 3.05) is 27.2 Å². The lowest BCUT2D eigenvalue weighted by Crippen LogP contribution is -2.37. The molecule has 2 aromatic rings. The van der Waals surface area contributed by atoms with Crippen molar-refractivity contribution in [2.45, 2.75) is 44.6 Å². The summed E-state index contributed by atoms with van der Waals surface area (Å²) in [5.74, 6) is 0.691. The molecule has 0 spiro atoms. The number of carbonyl (C=O) groups excluding carboxylic acids is 1. The van der Waals surface area contributed by atoms with Gasteiger partial charge in [0.15, 0.2) is 0 Å². The minimum Gasteiger partial charge on any atom is -0.345 e. The van der Waals surface area contributed by atoms with Crippen molar-refractivity contribution in [1.82, 2.24) is 19.8 Å². The Bertz CT molecular complexity index is 729. The van der Waals surface area contributed by atoms with Crippen molar-refractivity contribution in [3.8, 4) is 0 Å². The molecule has 1 aliphatic rings. The van der Waals surface area contributed by atoms with Gasteiger partial charge < -0.3 is 14.8 Å². The summed E-state index contributed by atoms with van der Waals surface area (Å²) in [7, 11) is 4.00. The first-order valence-corrected chi connectivity index (χ1v) is 9.11. The van der Waals surface area contributed by atoms with E-state index < -0.39 is 0 Å². The summed E-state index contributed by atoms with van der Waals surface area (Å²) in [6, 6.07) is 5.06. The van der Waals surface area contributed by atoms with Crippen LogP contribution in [0.25, 0.3) is 11.0 Å². The lowest BCUT2D eigenvalue weighted by atomic mass is 9.98. The second-order valence-electron chi connectivity index (χ2n) is 7.08. The van der Waals surface area contributed by atoms with E-state index >= 15 is 0 Å². The number of aromatic nitrogens is 2. The molecule has 1 N–H and O–H groups in total. The number of likely N-dealkylation sites (tertiary alicyclic amines) is 1. The Hall–Kier alpha value is -1.95. The number of fused-ring (bicyclic) bond motifs is 1. The van der Waals surface area contributed by atoms with E-state index in [4.69, 9.17) is 0 Å². The molecule has 25 heavy (non-hydrogen) atoms. The van der Waals surface area contributed by atoms with Crippen LogP contribution in [0.5, 0.6) is 0 Å². The fraction of sp³-hybridized carbons (Fsp3) is 0.579. The monoisotopic (exact) mass is 346 g/mol. The van der Waals surface area contributed by atoms with Gasteiger partial charge in [-0.25, -0.2) is 9.37 Å². The number of piperidine rings is 1. The van der Waals surface area contributed by atoms with Crippen LogP contribution in [0.2, 0.25) is 0 Å². The molecule has 1 aromatic heterocycles. The Kier molecular flexibility index (Phi) is 5.68. The molecule has 0 aliphatic carbocycles. The molecule has 0 saturated carbocycles. The predicted molar refractivity (Wildman–Crippen MR) is 96.9 cm³/mol. The number of hydrogen-bond donors (Lipinski definition) is 1. The Labute approximate surface area is 148 Å². The van der Waals surface area contributed by atoms with Crippen LogP contribution in [-0.4, -0.2) is 58.9 Å². The van der Waals surface area contributed by atoms with Crippen LogP contribution in [0.4, 0.5) is 4.39 Å². The Morgan fingerprint density at radius 2 is 2.28 bits per heavy atom. The number of H-pyrrole nitrogens is 1. The van der Waals surface area contributed by atoms with Gasteiger partial charge in [0, 0.05) is 32.5 Å². The standard InChI is InChI=1S/C19H27FN4O/c1-23-11-4-3-5-15(23)7-9-19(25)24(2)12-10-18-21-16-8-6-14(20)13-17(16)22-18/h6,8,13,15H,3-5,7,9-12H2,1-2H3,(H,21,22)/t15-/m1/s1. The van der Waals surface area contributed by atoms with Gasteiger partial charge in [-0.1, -0.05) is 6.42 Å². The highest BCUT2D eigenvalue weighted by atomic mass is 19.1. The number of imidazole rings is 1. The molecular weight excluding hydrogens is 319 g/mol.